The molecule has 0 heterocycles. The van der Waals surface area contributed by atoms with E-state index in [1.54, 1.807) is 12.1 Å². The zero-order chi connectivity index (χ0) is 14.1. The molecule has 0 bridgehead atoms. The van der Waals surface area contributed by atoms with E-state index < -0.39 is 5.82 Å². The van der Waals surface area contributed by atoms with Gasteiger partial charge in [-0.1, -0.05) is 42.5 Å². The molecule has 20 heavy (non-hydrogen) atoms. The minimum absolute atomic E-state index is 0.0998. The summed E-state index contributed by atoms with van der Waals surface area (Å²) in [5.41, 5.74) is 0.591. The third-order valence-electron chi connectivity index (χ3n) is 3.24. The van der Waals surface area contributed by atoms with Gasteiger partial charge in [0.1, 0.15) is 11.6 Å². The molecular formula is C17H11FO2. The van der Waals surface area contributed by atoms with Gasteiger partial charge in [0, 0.05) is 11.6 Å². The van der Waals surface area contributed by atoms with Crippen LogP contribution >= 0.6 is 0 Å². The second-order valence-electron chi connectivity index (χ2n) is 4.52. The average Bonchev–Trinajstić information content (AvgIpc) is 2.46. The number of benzene rings is 3. The third-order valence-corrected chi connectivity index (χ3v) is 3.24. The summed E-state index contributed by atoms with van der Waals surface area (Å²) in [7, 11) is 0. The molecule has 98 valence electrons. The van der Waals surface area contributed by atoms with Gasteiger partial charge in [-0.2, -0.15) is 0 Å². The SMILES string of the molecule is O=C(c1ccc(F)cc1O)c1cccc2ccccc12. The first-order valence-corrected chi connectivity index (χ1v) is 6.18. The minimum atomic E-state index is -0.572. The average molecular weight is 266 g/mol. The molecule has 0 aliphatic heterocycles. The highest BCUT2D eigenvalue weighted by molar-refractivity contribution is 6.17. The van der Waals surface area contributed by atoms with Gasteiger partial charge in [0.05, 0.1) is 5.56 Å². The van der Waals surface area contributed by atoms with Gasteiger partial charge in [-0.25, -0.2) is 4.39 Å². The van der Waals surface area contributed by atoms with Crippen LogP contribution in [0, 0.1) is 5.82 Å². The number of hydrogen-bond acceptors (Lipinski definition) is 2. The van der Waals surface area contributed by atoms with Crippen LogP contribution < -0.4 is 0 Å². The Kier molecular flexibility index (Phi) is 2.95. The van der Waals surface area contributed by atoms with Gasteiger partial charge >= 0.3 is 0 Å². The first-order valence-electron chi connectivity index (χ1n) is 6.18. The normalized spacial score (nSPS) is 10.7. The van der Waals surface area contributed by atoms with Crippen LogP contribution in [-0.2, 0) is 0 Å². The Morgan fingerprint density at radius 2 is 1.65 bits per heavy atom. The molecule has 3 aromatic carbocycles. The predicted octanol–water partition coefficient (Wildman–Crippen LogP) is 3.92. The molecule has 0 saturated carbocycles. The zero-order valence-corrected chi connectivity index (χ0v) is 10.5. The Labute approximate surface area is 115 Å². The highest BCUT2D eigenvalue weighted by atomic mass is 19.1. The van der Waals surface area contributed by atoms with E-state index in [-0.39, 0.29) is 17.1 Å². The van der Waals surface area contributed by atoms with Gasteiger partial charge in [-0.15, -0.1) is 0 Å². The first kappa shape index (κ1) is 12.4. The Bertz CT molecular complexity index is 804. The molecule has 0 spiro atoms. The molecule has 3 heteroatoms. The zero-order valence-electron chi connectivity index (χ0n) is 10.5. The summed E-state index contributed by atoms with van der Waals surface area (Å²) < 4.78 is 13.0. The molecule has 0 amide bonds. The van der Waals surface area contributed by atoms with Crippen molar-refractivity contribution in [2.24, 2.45) is 0 Å². The van der Waals surface area contributed by atoms with Crippen LogP contribution in [0.5, 0.6) is 5.75 Å². The molecule has 0 aromatic heterocycles. The summed E-state index contributed by atoms with van der Waals surface area (Å²) in [6, 6.07) is 16.3. The Morgan fingerprint density at radius 1 is 0.900 bits per heavy atom. The fourth-order valence-corrected chi connectivity index (χ4v) is 2.27. The van der Waals surface area contributed by atoms with Crippen molar-refractivity contribution in [3.8, 4) is 5.75 Å². The Hall–Kier alpha value is -2.68. The molecule has 2 nitrogen and oxygen atoms in total. The number of fused-ring (bicyclic) bond motifs is 1. The van der Waals surface area contributed by atoms with Crippen LogP contribution in [0.25, 0.3) is 10.8 Å². The molecule has 0 fully saturated rings. The van der Waals surface area contributed by atoms with Crippen LogP contribution in [0.15, 0.2) is 60.7 Å². The number of hydrogen-bond donors (Lipinski definition) is 1. The van der Waals surface area contributed by atoms with Crippen molar-refractivity contribution in [3.63, 3.8) is 0 Å². The van der Waals surface area contributed by atoms with E-state index in [4.69, 9.17) is 0 Å². The van der Waals surface area contributed by atoms with Gasteiger partial charge in [-0.3, -0.25) is 4.79 Å². The molecule has 3 aromatic rings. The van der Waals surface area contributed by atoms with Gasteiger partial charge in [0.15, 0.2) is 5.78 Å². The van der Waals surface area contributed by atoms with E-state index in [1.165, 1.54) is 6.07 Å². The van der Waals surface area contributed by atoms with Crippen molar-refractivity contribution in [1.82, 2.24) is 0 Å². The van der Waals surface area contributed by atoms with E-state index in [0.717, 1.165) is 22.9 Å². The Balaban J connectivity index is 2.18. The lowest BCUT2D eigenvalue weighted by Gasteiger charge is -2.07. The summed E-state index contributed by atoms with van der Waals surface area (Å²) in [6.45, 7) is 0. The van der Waals surface area contributed by atoms with Crippen molar-refractivity contribution in [2.45, 2.75) is 0 Å². The lowest BCUT2D eigenvalue weighted by atomic mass is 9.97. The maximum atomic E-state index is 13.0. The maximum absolute atomic E-state index is 13.0. The lowest BCUT2D eigenvalue weighted by Crippen LogP contribution is -2.02. The number of halogens is 1. The van der Waals surface area contributed by atoms with E-state index in [2.05, 4.69) is 0 Å². The number of ketones is 1. The van der Waals surface area contributed by atoms with E-state index in [0.29, 0.717) is 5.56 Å². The summed E-state index contributed by atoms with van der Waals surface area (Å²) >= 11 is 0. The predicted molar refractivity (Wildman–Crippen MR) is 75.4 cm³/mol. The minimum Gasteiger partial charge on any atom is -0.507 e. The molecule has 0 radical (unpaired) electrons. The number of phenols is 1. The first-order chi connectivity index (χ1) is 9.66. The van der Waals surface area contributed by atoms with Crippen LogP contribution in [0.1, 0.15) is 15.9 Å². The number of aromatic hydroxyl groups is 1. The number of phenolic OH excluding ortho intramolecular Hbond substituents is 1. The van der Waals surface area contributed by atoms with Gasteiger partial charge in [0.25, 0.3) is 0 Å². The van der Waals surface area contributed by atoms with E-state index in [9.17, 15) is 14.3 Å². The summed E-state index contributed by atoms with van der Waals surface area (Å²) in [5.74, 6) is -1.24. The molecule has 3 rings (SSSR count). The van der Waals surface area contributed by atoms with Gasteiger partial charge < -0.3 is 5.11 Å². The largest absolute Gasteiger partial charge is 0.507 e. The molecule has 0 aliphatic rings. The van der Waals surface area contributed by atoms with Crippen molar-refractivity contribution in [2.75, 3.05) is 0 Å². The molecule has 0 aliphatic carbocycles. The molecular weight excluding hydrogens is 255 g/mol. The van der Waals surface area contributed by atoms with Crippen LogP contribution in [0.4, 0.5) is 4.39 Å². The van der Waals surface area contributed by atoms with Crippen molar-refractivity contribution < 1.29 is 14.3 Å². The second-order valence-corrected chi connectivity index (χ2v) is 4.52. The van der Waals surface area contributed by atoms with E-state index in [1.807, 2.05) is 30.3 Å². The monoisotopic (exact) mass is 266 g/mol. The van der Waals surface area contributed by atoms with Crippen LogP contribution in [0.2, 0.25) is 0 Å². The quantitative estimate of drug-likeness (QED) is 0.714. The smallest absolute Gasteiger partial charge is 0.197 e. The second kappa shape index (κ2) is 4.78. The fourth-order valence-electron chi connectivity index (χ4n) is 2.27. The van der Waals surface area contributed by atoms with E-state index >= 15 is 0 Å². The molecule has 0 atom stereocenters. The fraction of sp³-hybridized carbons (Fsp3) is 0. The van der Waals surface area contributed by atoms with Gasteiger partial charge in [0.2, 0.25) is 0 Å². The molecule has 1 N–H and O–H groups in total. The Morgan fingerprint density at radius 3 is 2.45 bits per heavy atom. The van der Waals surface area contributed by atoms with Gasteiger partial charge in [-0.05, 0) is 22.9 Å². The molecule has 0 saturated heterocycles. The lowest BCUT2D eigenvalue weighted by molar-refractivity contribution is 0.103. The summed E-state index contributed by atoms with van der Waals surface area (Å²) in [4.78, 5) is 12.5. The summed E-state index contributed by atoms with van der Waals surface area (Å²) in [5, 5.41) is 11.5. The number of carbonyl (C=O) groups is 1. The molecule has 0 unspecified atom stereocenters. The number of carbonyl (C=O) groups excluding carboxylic acids is 1. The highest BCUT2D eigenvalue weighted by Gasteiger charge is 2.16. The van der Waals surface area contributed by atoms with Crippen molar-refractivity contribution >= 4 is 16.6 Å². The maximum Gasteiger partial charge on any atom is 0.197 e. The highest BCUT2D eigenvalue weighted by Crippen LogP contribution is 2.25. The standard InChI is InChI=1S/C17H11FO2/c18-12-8-9-15(16(19)10-12)17(20)14-7-3-5-11-4-1-2-6-13(11)14/h1-10,19H. The topological polar surface area (TPSA) is 37.3 Å². The van der Waals surface area contributed by atoms with Crippen LogP contribution in [0.3, 0.4) is 0 Å². The van der Waals surface area contributed by atoms with Crippen molar-refractivity contribution in [1.29, 1.82) is 0 Å². The van der Waals surface area contributed by atoms with Crippen LogP contribution in [-0.4, -0.2) is 10.9 Å². The number of rotatable bonds is 2. The van der Waals surface area contributed by atoms with Crippen molar-refractivity contribution in [3.05, 3.63) is 77.6 Å². The third kappa shape index (κ3) is 2.03. The summed E-state index contributed by atoms with van der Waals surface area (Å²) in [6.07, 6.45) is 0.